The van der Waals surface area contributed by atoms with E-state index in [2.05, 4.69) is 0 Å². The van der Waals surface area contributed by atoms with Gasteiger partial charge in [0.15, 0.2) is 0 Å². The Morgan fingerprint density at radius 3 is 2.67 bits per heavy atom. The number of halogens is 1. The minimum atomic E-state index is -1.10. The summed E-state index contributed by atoms with van der Waals surface area (Å²) in [5.41, 5.74) is 0.491. The molecular formula is C15H15FN2O3. The Kier molecular flexibility index (Phi) is 4.37. The molecule has 0 aliphatic heterocycles. The first-order valence-corrected chi connectivity index (χ1v) is 6.47. The molecule has 110 valence electrons. The Morgan fingerprint density at radius 1 is 1.29 bits per heavy atom. The number of carboxylic acids is 1. The van der Waals surface area contributed by atoms with Gasteiger partial charge in [0, 0.05) is 18.4 Å². The molecule has 0 fully saturated rings. The summed E-state index contributed by atoms with van der Waals surface area (Å²) in [6.45, 7) is 2.03. The van der Waals surface area contributed by atoms with E-state index in [-0.39, 0.29) is 18.1 Å². The summed E-state index contributed by atoms with van der Waals surface area (Å²) in [7, 11) is 0. The molecule has 0 unspecified atom stereocenters. The van der Waals surface area contributed by atoms with Crippen molar-refractivity contribution in [1.29, 1.82) is 0 Å². The lowest BCUT2D eigenvalue weighted by molar-refractivity contribution is -0.119. The predicted molar refractivity (Wildman–Crippen MR) is 75.8 cm³/mol. The van der Waals surface area contributed by atoms with Crippen LogP contribution in [0.1, 0.15) is 17.4 Å². The predicted octanol–water partition coefficient (Wildman–Crippen LogP) is 2.38. The number of hydrogen-bond acceptors (Lipinski definition) is 2. The highest BCUT2D eigenvalue weighted by atomic mass is 19.1. The van der Waals surface area contributed by atoms with Crippen LogP contribution >= 0.6 is 0 Å². The molecule has 0 radical (unpaired) electrons. The number of carbonyl (C=O) groups is 2. The SMILES string of the molecule is CCN(C(=O)Cn1cccc1C(=O)O)c1cccc(F)c1. The highest BCUT2D eigenvalue weighted by molar-refractivity contribution is 5.94. The van der Waals surface area contributed by atoms with Crippen LogP contribution in [0.4, 0.5) is 10.1 Å². The molecular weight excluding hydrogens is 275 g/mol. The second kappa shape index (κ2) is 6.21. The van der Waals surface area contributed by atoms with Crippen LogP contribution in [0.15, 0.2) is 42.6 Å². The van der Waals surface area contributed by atoms with E-state index in [0.717, 1.165) is 0 Å². The Hall–Kier alpha value is -2.63. The molecule has 1 aromatic heterocycles. The van der Waals surface area contributed by atoms with Gasteiger partial charge in [-0.15, -0.1) is 0 Å². The molecule has 1 amide bonds. The first-order valence-electron chi connectivity index (χ1n) is 6.47. The van der Waals surface area contributed by atoms with Gasteiger partial charge in [0.05, 0.1) is 0 Å². The average molecular weight is 290 g/mol. The number of carboxylic acid groups (broad SMARTS) is 1. The summed E-state index contributed by atoms with van der Waals surface area (Å²) in [6.07, 6.45) is 1.53. The summed E-state index contributed by atoms with van der Waals surface area (Å²) in [6, 6.07) is 8.73. The van der Waals surface area contributed by atoms with Gasteiger partial charge in [-0.3, -0.25) is 4.79 Å². The van der Waals surface area contributed by atoms with Gasteiger partial charge in [0.1, 0.15) is 18.1 Å². The standard InChI is InChI=1S/C15H15FN2O3/c1-2-18(12-6-3-5-11(16)9-12)14(19)10-17-8-4-7-13(17)15(20)21/h3-9H,2,10H2,1H3,(H,20,21). The highest BCUT2D eigenvalue weighted by Crippen LogP contribution is 2.16. The second-order valence-electron chi connectivity index (χ2n) is 4.44. The zero-order valence-corrected chi connectivity index (χ0v) is 11.5. The number of amides is 1. The Morgan fingerprint density at radius 2 is 2.05 bits per heavy atom. The molecule has 6 heteroatoms. The molecule has 1 N–H and O–H groups in total. The number of nitrogens with zero attached hydrogens (tertiary/aromatic N) is 2. The van der Waals surface area contributed by atoms with Gasteiger partial charge in [-0.05, 0) is 37.3 Å². The van der Waals surface area contributed by atoms with E-state index < -0.39 is 11.8 Å². The van der Waals surface area contributed by atoms with Crippen LogP contribution in [0.5, 0.6) is 0 Å². The number of aromatic nitrogens is 1. The molecule has 0 bridgehead atoms. The van der Waals surface area contributed by atoms with E-state index in [1.165, 1.54) is 39.9 Å². The number of anilines is 1. The zero-order valence-electron chi connectivity index (χ0n) is 11.5. The van der Waals surface area contributed by atoms with E-state index in [0.29, 0.717) is 12.2 Å². The van der Waals surface area contributed by atoms with Crippen LogP contribution in [0, 0.1) is 5.82 Å². The van der Waals surface area contributed by atoms with Gasteiger partial charge in [-0.1, -0.05) is 6.07 Å². The topological polar surface area (TPSA) is 62.5 Å². The van der Waals surface area contributed by atoms with Gasteiger partial charge in [0.2, 0.25) is 5.91 Å². The van der Waals surface area contributed by atoms with E-state index in [4.69, 9.17) is 5.11 Å². The van der Waals surface area contributed by atoms with Crippen molar-refractivity contribution in [2.24, 2.45) is 0 Å². The van der Waals surface area contributed by atoms with Crippen LogP contribution in [-0.2, 0) is 11.3 Å². The molecule has 21 heavy (non-hydrogen) atoms. The number of likely N-dealkylation sites (N-methyl/N-ethyl adjacent to an activating group) is 1. The van der Waals surface area contributed by atoms with E-state index >= 15 is 0 Å². The van der Waals surface area contributed by atoms with Gasteiger partial charge in [-0.25, -0.2) is 9.18 Å². The van der Waals surface area contributed by atoms with Crippen LogP contribution in [0.25, 0.3) is 0 Å². The first-order chi connectivity index (χ1) is 10.0. The van der Waals surface area contributed by atoms with Crippen LogP contribution in [0.2, 0.25) is 0 Å². The summed E-state index contributed by atoms with van der Waals surface area (Å²) >= 11 is 0. The molecule has 5 nitrogen and oxygen atoms in total. The highest BCUT2D eigenvalue weighted by Gasteiger charge is 2.17. The minimum absolute atomic E-state index is 0.0404. The van der Waals surface area contributed by atoms with E-state index in [1.807, 2.05) is 0 Å². The summed E-state index contributed by atoms with van der Waals surface area (Å²) in [4.78, 5) is 24.8. The maximum Gasteiger partial charge on any atom is 0.352 e. The van der Waals surface area contributed by atoms with Gasteiger partial charge < -0.3 is 14.6 Å². The van der Waals surface area contributed by atoms with Gasteiger partial charge in [0.25, 0.3) is 0 Å². The first kappa shape index (κ1) is 14.8. The van der Waals surface area contributed by atoms with E-state index in [9.17, 15) is 14.0 Å². The van der Waals surface area contributed by atoms with E-state index in [1.54, 1.807) is 19.1 Å². The van der Waals surface area contributed by atoms with Crippen molar-refractivity contribution < 1.29 is 19.1 Å². The summed E-state index contributed by atoms with van der Waals surface area (Å²) in [5, 5.41) is 9.02. The molecule has 2 rings (SSSR count). The van der Waals surface area contributed by atoms with Crippen LogP contribution in [0.3, 0.4) is 0 Å². The smallest absolute Gasteiger partial charge is 0.352 e. The van der Waals surface area contributed by atoms with Crippen molar-refractivity contribution in [2.45, 2.75) is 13.5 Å². The molecule has 0 aliphatic rings. The largest absolute Gasteiger partial charge is 0.477 e. The third kappa shape index (κ3) is 3.28. The second-order valence-corrected chi connectivity index (χ2v) is 4.44. The fraction of sp³-hybridized carbons (Fsp3) is 0.200. The number of hydrogen-bond donors (Lipinski definition) is 1. The van der Waals surface area contributed by atoms with Gasteiger partial charge >= 0.3 is 5.97 Å². The average Bonchev–Trinajstić information content (AvgIpc) is 2.88. The van der Waals surface area contributed by atoms with Crippen molar-refractivity contribution in [2.75, 3.05) is 11.4 Å². The van der Waals surface area contributed by atoms with Crippen LogP contribution in [-0.4, -0.2) is 28.1 Å². The maximum absolute atomic E-state index is 13.3. The molecule has 1 aromatic carbocycles. The Balaban J connectivity index is 2.21. The fourth-order valence-electron chi connectivity index (χ4n) is 2.12. The summed E-state index contributed by atoms with van der Waals surface area (Å²) < 4.78 is 14.6. The van der Waals surface area contributed by atoms with Crippen molar-refractivity contribution >= 4 is 17.6 Å². The Bertz CT molecular complexity index is 666. The third-order valence-electron chi connectivity index (χ3n) is 3.09. The molecule has 0 spiro atoms. The molecule has 0 saturated carbocycles. The third-order valence-corrected chi connectivity index (χ3v) is 3.09. The molecule has 0 atom stereocenters. The van der Waals surface area contributed by atoms with Gasteiger partial charge in [-0.2, -0.15) is 0 Å². The van der Waals surface area contributed by atoms with Crippen LogP contribution < -0.4 is 4.90 Å². The normalized spacial score (nSPS) is 10.4. The van der Waals surface area contributed by atoms with Crippen molar-refractivity contribution in [3.63, 3.8) is 0 Å². The fourth-order valence-corrected chi connectivity index (χ4v) is 2.12. The lowest BCUT2D eigenvalue weighted by Crippen LogP contribution is -2.34. The molecule has 2 aromatic rings. The summed E-state index contributed by atoms with van der Waals surface area (Å²) in [5.74, 6) is -1.82. The zero-order chi connectivity index (χ0) is 15.4. The lowest BCUT2D eigenvalue weighted by atomic mass is 10.2. The lowest BCUT2D eigenvalue weighted by Gasteiger charge is -2.21. The quantitative estimate of drug-likeness (QED) is 0.919. The maximum atomic E-state index is 13.3. The molecule has 1 heterocycles. The van der Waals surface area contributed by atoms with Crippen molar-refractivity contribution in [3.05, 3.63) is 54.1 Å². The van der Waals surface area contributed by atoms with Crippen molar-refractivity contribution in [3.8, 4) is 0 Å². The number of aromatic carboxylic acids is 1. The van der Waals surface area contributed by atoms with Crippen molar-refractivity contribution in [1.82, 2.24) is 4.57 Å². The molecule has 0 aliphatic carbocycles. The number of carbonyl (C=O) groups excluding carboxylic acids is 1. The molecule has 0 saturated heterocycles. The minimum Gasteiger partial charge on any atom is -0.477 e. The Labute approximate surface area is 121 Å². The monoisotopic (exact) mass is 290 g/mol. The number of rotatable bonds is 5. The number of benzene rings is 1.